The van der Waals surface area contributed by atoms with Gasteiger partial charge >= 0.3 is 6.18 Å². The summed E-state index contributed by atoms with van der Waals surface area (Å²) in [5.74, 6) is 0.0127. The third kappa shape index (κ3) is 3.34. The number of aromatic nitrogens is 3. The zero-order valence-corrected chi connectivity index (χ0v) is 11.9. The number of nitrogens with one attached hydrogen (secondary N) is 1. The molecular formula is C14H13F3N4O2. The molecule has 0 saturated carbocycles. The summed E-state index contributed by atoms with van der Waals surface area (Å²) in [4.78, 5) is 17.6. The van der Waals surface area contributed by atoms with E-state index in [1.54, 1.807) is 24.3 Å². The van der Waals surface area contributed by atoms with E-state index in [0.29, 0.717) is 17.0 Å². The van der Waals surface area contributed by atoms with Gasteiger partial charge in [-0.2, -0.15) is 18.3 Å². The number of benzene rings is 1. The fourth-order valence-electron chi connectivity index (χ4n) is 2.36. The highest BCUT2D eigenvalue weighted by molar-refractivity contribution is 5.95. The molecule has 1 aliphatic heterocycles. The van der Waals surface area contributed by atoms with Gasteiger partial charge in [0.1, 0.15) is 6.33 Å². The van der Waals surface area contributed by atoms with E-state index < -0.39 is 24.7 Å². The van der Waals surface area contributed by atoms with E-state index in [4.69, 9.17) is 4.74 Å². The summed E-state index contributed by atoms with van der Waals surface area (Å²) in [6.45, 7) is -0.523. The van der Waals surface area contributed by atoms with E-state index in [-0.39, 0.29) is 13.2 Å². The van der Waals surface area contributed by atoms with Gasteiger partial charge in [0.15, 0.2) is 11.9 Å². The molecular weight excluding hydrogens is 313 g/mol. The molecule has 1 fully saturated rings. The zero-order chi connectivity index (χ0) is 16.4. The summed E-state index contributed by atoms with van der Waals surface area (Å²) in [5, 5.41) is 6.40. The Labute approximate surface area is 129 Å². The van der Waals surface area contributed by atoms with Gasteiger partial charge < -0.3 is 9.64 Å². The maximum absolute atomic E-state index is 12.7. The van der Waals surface area contributed by atoms with Gasteiger partial charge in [0.25, 0.3) is 5.91 Å². The number of ether oxygens (including phenoxy) is 1. The number of morpholine rings is 1. The number of rotatable bonds is 2. The van der Waals surface area contributed by atoms with Gasteiger partial charge in [0.05, 0.1) is 13.2 Å². The first-order valence-electron chi connectivity index (χ1n) is 6.88. The summed E-state index contributed by atoms with van der Waals surface area (Å²) in [6.07, 6.45) is -5.10. The van der Waals surface area contributed by atoms with Crippen molar-refractivity contribution in [3.05, 3.63) is 36.2 Å². The van der Waals surface area contributed by atoms with E-state index in [0.717, 1.165) is 4.90 Å². The van der Waals surface area contributed by atoms with Crippen LogP contribution in [0.4, 0.5) is 13.2 Å². The van der Waals surface area contributed by atoms with Crippen LogP contribution in [0.5, 0.6) is 0 Å². The lowest BCUT2D eigenvalue weighted by Crippen LogP contribution is -2.51. The van der Waals surface area contributed by atoms with Crippen molar-refractivity contribution in [2.24, 2.45) is 0 Å². The van der Waals surface area contributed by atoms with Gasteiger partial charge in [-0.15, -0.1) is 0 Å². The largest absolute Gasteiger partial charge is 0.416 e. The SMILES string of the molecule is O=C(c1cccc(-c2ncn[nH]2)c1)N1CCOC(C(F)(F)F)C1. The minimum atomic E-state index is -4.49. The number of H-pyrrole nitrogens is 1. The van der Waals surface area contributed by atoms with E-state index in [9.17, 15) is 18.0 Å². The maximum atomic E-state index is 12.7. The second-order valence-electron chi connectivity index (χ2n) is 5.07. The Hall–Kier alpha value is -2.42. The van der Waals surface area contributed by atoms with Crippen molar-refractivity contribution in [2.75, 3.05) is 19.7 Å². The lowest BCUT2D eigenvalue weighted by molar-refractivity contribution is -0.233. The fourth-order valence-corrected chi connectivity index (χ4v) is 2.36. The molecule has 1 aliphatic rings. The molecule has 122 valence electrons. The Bertz CT molecular complexity index is 688. The normalized spacial score (nSPS) is 18.9. The highest BCUT2D eigenvalue weighted by Crippen LogP contribution is 2.26. The number of carbonyl (C=O) groups excluding carboxylic acids is 1. The van der Waals surface area contributed by atoms with Crippen LogP contribution in [0.1, 0.15) is 10.4 Å². The van der Waals surface area contributed by atoms with Gasteiger partial charge in [0, 0.05) is 17.7 Å². The molecule has 9 heteroatoms. The monoisotopic (exact) mass is 326 g/mol. The van der Waals surface area contributed by atoms with Gasteiger partial charge in [-0.25, -0.2) is 4.98 Å². The molecule has 0 radical (unpaired) electrons. The van der Waals surface area contributed by atoms with Crippen molar-refractivity contribution >= 4 is 5.91 Å². The molecule has 1 atom stereocenters. The minimum Gasteiger partial charge on any atom is -0.365 e. The topological polar surface area (TPSA) is 71.1 Å². The molecule has 3 rings (SSSR count). The summed E-state index contributed by atoms with van der Waals surface area (Å²) < 4.78 is 42.9. The first-order valence-corrected chi connectivity index (χ1v) is 6.88. The quantitative estimate of drug-likeness (QED) is 0.915. The lowest BCUT2D eigenvalue weighted by atomic mass is 10.1. The van der Waals surface area contributed by atoms with E-state index in [2.05, 4.69) is 15.2 Å². The number of alkyl halides is 3. The zero-order valence-electron chi connectivity index (χ0n) is 11.9. The van der Waals surface area contributed by atoms with Crippen LogP contribution in [-0.4, -0.2) is 58.0 Å². The lowest BCUT2D eigenvalue weighted by Gasteiger charge is -2.33. The number of hydrogen-bond acceptors (Lipinski definition) is 4. The van der Waals surface area contributed by atoms with Crippen molar-refractivity contribution in [2.45, 2.75) is 12.3 Å². The first-order chi connectivity index (χ1) is 10.9. The van der Waals surface area contributed by atoms with Gasteiger partial charge in [-0.05, 0) is 12.1 Å². The molecule has 2 aromatic rings. The predicted octanol–water partition coefficient (Wildman–Crippen LogP) is 1.88. The Morgan fingerprint density at radius 1 is 1.39 bits per heavy atom. The van der Waals surface area contributed by atoms with Gasteiger partial charge in [0.2, 0.25) is 0 Å². The van der Waals surface area contributed by atoms with E-state index in [1.165, 1.54) is 6.33 Å². The number of hydrogen-bond donors (Lipinski definition) is 1. The second kappa shape index (κ2) is 5.99. The standard InChI is InChI=1S/C14H13F3N4O2/c15-14(16,17)11-7-21(4-5-23-11)13(22)10-3-1-2-9(6-10)12-18-8-19-20-12/h1-3,6,8,11H,4-5,7H2,(H,18,19,20). The number of nitrogens with zero attached hydrogens (tertiary/aromatic N) is 3. The van der Waals surface area contributed by atoms with Crippen LogP contribution in [0.2, 0.25) is 0 Å². The Morgan fingerprint density at radius 3 is 2.91 bits per heavy atom. The smallest absolute Gasteiger partial charge is 0.365 e. The van der Waals surface area contributed by atoms with Crippen molar-refractivity contribution in [3.8, 4) is 11.4 Å². The van der Waals surface area contributed by atoms with Crippen LogP contribution in [0.15, 0.2) is 30.6 Å². The molecule has 1 saturated heterocycles. The van der Waals surface area contributed by atoms with Crippen molar-refractivity contribution < 1.29 is 22.7 Å². The highest BCUT2D eigenvalue weighted by Gasteiger charge is 2.44. The molecule has 23 heavy (non-hydrogen) atoms. The average Bonchev–Trinajstić information content (AvgIpc) is 3.08. The molecule has 1 N–H and O–H groups in total. The van der Waals surface area contributed by atoms with Crippen LogP contribution >= 0.6 is 0 Å². The van der Waals surface area contributed by atoms with Crippen molar-refractivity contribution in [1.29, 1.82) is 0 Å². The number of aromatic amines is 1. The average molecular weight is 326 g/mol. The van der Waals surface area contributed by atoms with Crippen LogP contribution < -0.4 is 0 Å². The summed E-state index contributed by atoms with van der Waals surface area (Å²) >= 11 is 0. The fraction of sp³-hybridized carbons (Fsp3) is 0.357. The Kier molecular flexibility index (Phi) is 4.03. The molecule has 0 bridgehead atoms. The van der Waals surface area contributed by atoms with Gasteiger partial charge in [-0.3, -0.25) is 9.89 Å². The molecule has 0 spiro atoms. The molecule has 1 amide bonds. The van der Waals surface area contributed by atoms with Crippen LogP contribution in [-0.2, 0) is 4.74 Å². The number of carbonyl (C=O) groups is 1. The minimum absolute atomic E-state index is 0.123. The summed E-state index contributed by atoms with van der Waals surface area (Å²) in [6, 6.07) is 6.50. The molecule has 0 aliphatic carbocycles. The second-order valence-corrected chi connectivity index (χ2v) is 5.07. The third-order valence-electron chi connectivity index (χ3n) is 3.52. The third-order valence-corrected chi connectivity index (χ3v) is 3.52. The van der Waals surface area contributed by atoms with Crippen molar-refractivity contribution in [3.63, 3.8) is 0 Å². The van der Waals surface area contributed by atoms with Gasteiger partial charge in [-0.1, -0.05) is 12.1 Å². The van der Waals surface area contributed by atoms with Crippen molar-refractivity contribution in [1.82, 2.24) is 20.1 Å². The molecule has 1 unspecified atom stereocenters. The van der Waals surface area contributed by atoms with E-state index in [1.807, 2.05) is 0 Å². The predicted molar refractivity (Wildman–Crippen MR) is 73.5 cm³/mol. The molecule has 1 aromatic carbocycles. The summed E-state index contributed by atoms with van der Waals surface area (Å²) in [7, 11) is 0. The van der Waals surface area contributed by atoms with Crippen LogP contribution in [0.3, 0.4) is 0 Å². The molecule has 6 nitrogen and oxygen atoms in total. The Balaban J connectivity index is 1.79. The highest BCUT2D eigenvalue weighted by atomic mass is 19.4. The van der Waals surface area contributed by atoms with E-state index >= 15 is 0 Å². The maximum Gasteiger partial charge on any atom is 0.416 e. The van der Waals surface area contributed by atoms with Crippen LogP contribution in [0, 0.1) is 0 Å². The number of halogens is 3. The Morgan fingerprint density at radius 2 is 2.22 bits per heavy atom. The molecule has 1 aromatic heterocycles. The summed E-state index contributed by atoms with van der Waals surface area (Å²) in [5.41, 5.74) is 0.927. The first kappa shape index (κ1) is 15.5. The van der Waals surface area contributed by atoms with Crippen LogP contribution in [0.25, 0.3) is 11.4 Å². The number of amides is 1. The molecule has 2 heterocycles.